The van der Waals surface area contributed by atoms with E-state index in [1.807, 2.05) is 61.9 Å². The number of amides is 1. The van der Waals surface area contributed by atoms with Crippen molar-refractivity contribution < 1.29 is 4.79 Å². The Labute approximate surface area is 153 Å². The second kappa shape index (κ2) is 7.35. The molecule has 1 amide bonds. The largest absolute Gasteiger partial charge is 0.323 e. The summed E-state index contributed by atoms with van der Waals surface area (Å²) in [5.74, 6) is -0.163. The number of hydrogen-bond donors (Lipinski definition) is 1. The highest BCUT2D eigenvalue weighted by atomic mass is 16.1. The van der Waals surface area contributed by atoms with Crippen molar-refractivity contribution >= 4 is 22.6 Å². The zero-order valence-electron chi connectivity index (χ0n) is 15.4. The first-order valence-corrected chi connectivity index (χ1v) is 8.54. The van der Waals surface area contributed by atoms with E-state index in [-0.39, 0.29) is 5.91 Å². The van der Waals surface area contributed by atoms with Crippen LogP contribution in [0.5, 0.6) is 0 Å². The Kier molecular flexibility index (Phi) is 4.98. The van der Waals surface area contributed by atoms with Gasteiger partial charge in [0, 0.05) is 22.8 Å². The Bertz CT molecular complexity index is 1010. The Morgan fingerprint density at radius 1 is 1.12 bits per heavy atom. The summed E-state index contributed by atoms with van der Waals surface area (Å²) in [7, 11) is 0. The molecule has 132 valence electrons. The third-order valence-electron chi connectivity index (χ3n) is 4.07. The van der Waals surface area contributed by atoms with Gasteiger partial charge in [-0.05, 0) is 63.6 Å². The molecule has 0 spiro atoms. The molecule has 0 aliphatic carbocycles. The molecule has 1 N–H and O–H groups in total. The quantitative estimate of drug-likeness (QED) is 0.562. The lowest BCUT2D eigenvalue weighted by atomic mass is 10.1. The Hall–Kier alpha value is -3.21. The molecule has 0 radical (unpaired) electrons. The number of nitrogens with one attached hydrogen (secondary N) is 1. The summed E-state index contributed by atoms with van der Waals surface area (Å²) < 4.78 is 1.85. The second-order valence-electron chi connectivity index (χ2n) is 6.20. The van der Waals surface area contributed by atoms with E-state index in [2.05, 4.69) is 28.4 Å². The summed E-state index contributed by atoms with van der Waals surface area (Å²) in [6, 6.07) is 9.65. The van der Waals surface area contributed by atoms with Gasteiger partial charge in [-0.1, -0.05) is 18.2 Å². The number of aryl methyl sites for hydroxylation is 3. The number of hydrogen-bond acceptors (Lipinski definition) is 3. The topological polar surface area (TPSA) is 59.8 Å². The fraction of sp³-hybridized carbons (Fsp3) is 0.190. The van der Waals surface area contributed by atoms with Crippen molar-refractivity contribution in [3.05, 3.63) is 71.6 Å². The molecule has 0 bridgehead atoms. The minimum absolute atomic E-state index is 0.163. The van der Waals surface area contributed by atoms with Gasteiger partial charge < -0.3 is 5.32 Å². The van der Waals surface area contributed by atoms with E-state index in [1.165, 1.54) is 11.6 Å². The number of fused-ring (bicyclic) bond motifs is 1. The molecular formula is C21H22N4O. The smallest absolute Gasteiger partial charge is 0.248 e. The average Bonchev–Trinajstić information content (AvgIpc) is 2.92. The molecule has 0 atom stereocenters. The van der Waals surface area contributed by atoms with Gasteiger partial charge in [-0.15, -0.1) is 0 Å². The molecule has 0 aliphatic heterocycles. The zero-order valence-corrected chi connectivity index (χ0v) is 15.4. The minimum atomic E-state index is -0.163. The van der Waals surface area contributed by atoms with Gasteiger partial charge in [0.1, 0.15) is 0 Å². The zero-order chi connectivity index (χ0) is 18.7. The summed E-state index contributed by atoms with van der Waals surface area (Å²) in [5.41, 5.74) is 5.59. The third-order valence-corrected chi connectivity index (χ3v) is 4.07. The van der Waals surface area contributed by atoms with E-state index in [9.17, 15) is 4.79 Å². The number of nitrogens with zero attached hydrogens (tertiary/aromatic N) is 3. The number of rotatable bonds is 4. The maximum atomic E-state index is 11.8. The fourth-order valence-electron chi connectivity index (χ4n) is 2.97. The van der Waals surface area contributed by atoms with E-state index in [0.29, 0.717) is 0 Å². The number of aromatic nitrogens is 3. The van der Waals surface area contributed by atoms with Crippen molar-refractivity contribution in [2.24, 2.45) is 0 Å². The minimum Gasteiger partial charge on any atom is -0.323 e. The molecule has 0 saturated heterocycles. The van der Waals surface area contributed by atoms with Crippen molar-refractivity contribution in [2.75, 3.05) is 5.32 Å². The summed E-state index contributed by atoms with van der Waals surface area (Å²) in [6.45, 7) is 7.96. The highest BCUT2D eigenvalue weighted by Crippen LogP contribution is 2.24. The van der Waals surface area contributed by atoms with E-state index >= 15 is 0 Å². The molecule has 3 rings (SSSR count). The van der Waals surface area contributed by atoms with Gasteiger partial charge in [0.25, 0.3) is 0 Å². The molecule has 3 aromatic rings. The number of carbonyl (C=O) groups is 1. The van der Waals surface area contributed by atoms with Crippen LogP contribution in [0.2, 0.25) is 0 Å². The molecule has 0 unspecified atom stereocenters. The number of anilines is 1. The Balaban J connectivity index is 1.90. The highest BCUT2D eigenvalue weighted by molar-refractivity contribution is 5.99. The van der Waals surface area contributed by atoms with Crippen LogP contribution in [0.1, 0.15) is 23.9 Å². The lowest BCUT2D eigenvalue weighted by molar-refractivity contribution is -0.111. The standard InChI is InChI=1S/C21H22N4O/c1-5-6-7-8-19(26)23-17-9-11-18(12-10-17)25-21-20(16(4)24-25)14(2)13-15(3)22-21/h5-13H,1-4H3,(H,23,26)/b6-5+,8-7+. The van der Waals surface area contributed by atoms with Gasteiger partial charge in [0.15, 0.2) is 5.65 Å². The van der Waals surface area contributed by atoms with Crippen LogP contribution in [-0.4, -0.2) is 20.7 Å². The first-order chi connectivity index (χ1) is 12.5. The molecule has 5 heteroatoms. The van der Waals surface area contributed by atoms with Gasteiger partial charge in [0.05, 0.1) is 11.4 Å². The molecule has 26 heavy (non-hydrogen) atoms. The van der Waals surface area contributed by atoms with Crippen LogP contribution >= 0.6 is 0 Å². The summed E-state index contributed by atoms with van der Waals surface area (Å²) >= 11 is 0. The average molecular weight is 346 g/mol. The normalized spacial score (nSPS) is 11.7. The second-order valence-corrected chi connectivity index (χ2v) is 6.20. The molecular weight excluding hydrogens is 324 g/mol. The molecule has 0 aliphatic rings. The first-order valence-electron chi connectivity index (χ1n) is 8.54. The van der Waals surface area contributed by atoms with Gasteiger partial charge in [-0.25, -0.2) is 9.67 Å². The summed E-state index contributed by atoms with van der Waals surface area (Å²) in [5, 5.41) is 8.57. The van der Waals surface area contributed by atoms with Crippen molar-refractivity contribution in [3.63, 3.8) is 0 Å². The van der Waals surface area contributed by atoms with Crippen LogP contribution in [-0.2, 0) is 4.79 Å². The highest BCUT2D eigenvalue weighted by Gasteiger charge is 2.13. The Morgan fingerprint density at radius 3 is 2.54 bits per heavy atom. The fourth-order valence-corrected chi connectivity index (χ4v) is 2.97. The van der Waals surface area contributed by atoms with E-state index in [4.69, 9.17) is 0 Å². The van der Waals surface area contributed by atoms with Gasteiger partial charge in [-0.2, -0.15) is 5.10 Å². The van der Waals surface area contributed by atoms with Crippen LogP contribution in [0.4, 0.5) is 5.69 Å². The SMILES string of the molecule is C/C=C/C=C/C(=O)Nc1ccc(-n2nc(C)c3c(C)cc(C)nc32)cc1. The van der Waals surface area contributed by atoms with Crippen LogP contribution in [0.3, 0.4) is 0 Å². The number of carbonyl (C=O) groups excluding carboxylic acids is 1. The maximum absolute atomic E-state index is 11.8. The van der Waals surface area contributed by atoms with Crippen molar-refractivity contribution in [1.82, 2.24) is 14.8 Å². The number of allylic oxidation sites excluding steroid dienone is 3. The van der Waals surface area contributed by atoms with Crippen LogP contribution in [0.15, 0.2) is 54.6 Å². The molecule has 5 nitrogen and oxygen atoms in total. The molecule has 1 aromatic carbocycles. The number of benzene rings is 1. The van der Waals surface area contributed by atoms with Crippen LogP contribution in [0.25, 0.3) is 16.7 Å². The Morgan fingerprint density at radius 2 is 1.85 bits per heavy atom. The molecule has 0 saturated carbocycles. The first kappa shape index (κ1) is 17.6. The predicted octanol–water partition coefficient (Wildman–Crippen LogP) is 4.42. The molecule has 2 aromatic heterocycles. The van der Waals surface area contributed by atoms with Crippen LogP contribution < -0.4 is 5.32 Å². The predicted molar refractivity (Wildman–Crippen MR) is 106 cm³/mol. The summed E-state index contributed by atoms with van der Waals surface area (Å²) in [6.07, 6.45) is 6.88. The van der Waals surface area contributed by atoms with Crippen molar-refractivity contribution in [2.45, 2.75) is 27.7 Å². The van der Waals surface area contributed by atoms with Crippen LogP contribution in [0, 0.1) is 20.8 Å². The maximum Gasteiger partial charge on any atom is 0.248 e. The third kappa shape index (κ3) is 3.57. The molecule has 0 fully saturated rings. The lowest BCUT2D eigenvalue weighted by Gasteiger charge is -2.06. The van der Waals surface area contributed by atoms with Crippen molar-refractivity contribution in [3.8, 4) is 5.69 Å². The summed E-state index contributed by atoms with van der Waals surface area (Å²) in [4.78, 5) is 16.5. The van der Waals surface area contributed by atoms with Gasteiger partial charge >= 0.3 is 0 Å². The van der Waals surface area contributed by atoms with E-state index in [0.717, 1.165) is 33.8 Å². The van der Waals surface area contributed by atoms with E-state index in [1.54, 1.807) is 6.08 Å². The van der Waals surface area contributed by atoms with Gasteiger partial charge in [0.2, 0.25) is 5.91 Å². The number of pyridine rings is 1. The molecule has 2 heterocycles. The van der Waals surface area contributed by atoms with E-state index < -0.39 is 0 Å². The van der Waals surface area contributed by atoms with Gasteiger partial charge in [-0.3, -0.25) is 4.79 Å². The lowest BCUT2D eigenvalue weighted by Crippen LogP contribution is -2.07. The van der Waals surface area contributed by atoms with Crippen molar-refractivity contribution in [1.29, 1.82) is 0 Å². The monoisotopic (exact) mass is 346 g/mol.